The van der Waals surface area contributed by atoms with Crippen LogP contribution in [0.3, 0.4) is 0 Å². The van der Waals surface area contributed by atoms with Crippen LogP contribution in [0.25, 0.3) is 132 Å². The van der Waals surface area contributed by atoms with Crippen LogP contribution < -0.4 is 0 Å². The quantitative estimate of drug-likeness (QED) is 0.164. The minimum absolute atomic E-state index is 1.14. The molecule has 1 aliphatic carbocycles. The predicted molar refractivity (Wildman–Crippen MR) is 271 cm³/mol. The summed E-state index contributed by atoms with van der Waals surface area (Å²) in [6.45, 7) is 0. The van der Waals surface area contributed by atoms with Gasteiger partial charge in [-0.2, -0.15) is 0 Å². The van der Waals surface area contributed by atoms with E-state index < -0.39 is 0 Å². The Bertz CT molecular complexity index is 4060. The molecule has 0 atom stereocenters. The summed E-state index contributed by atoms with van der Waals surface area (Å²) in [5, 5.41) is 10.2. The van der Waals surface area contributed by atoms with Crippen molar-refractivity contribution < 1.29 is 0 Å². The van der Waals surface area contributed by atoms with Crippen molar-refractivity contribution in [2.24, 2.45) is 0 Å². The van der Waals surface area contributed by atoms with Gasteiger partial charge in [-0.1, -0.05) is 182 Å². The molecule has 0 radical (unpaired) electrons. The smallest absolute Gasteiger partial charge is 0.0619 e. The average Bonchev–Trinajstić information content (AvgIpc) is 4.00. The van der Waals surface area contributed by atoms with Gasteiger partial charge in [0.05, 0.1) is 22.1 Å². The highest BCUT2D eigenvalue weighted by Gasteiger charge is 2.23. The minimum Gasteiger partial charge on any atom is -0.309 e. The zero-order valence-corrected chi connectivity index (χ0v) is 34.8. The molecule has 11 aromatic carbocycles. The molecule has 0 saturated heterocycles. The number of nitrogens with zero attached hydrogens (tertiary/aromatic N) is 2. The third kappa shape index (κ3) is 5.08. The standard InChI is InChI=1S/C62H38N2/c1-2-17-45(18-3-1)64-60-38-42(29-33-53(60)56-34-27-39-13-4-5-22-49(39)62(56)64)41-28-32-52-51-23-8-9-26-58(51)63(59(52)37-41)46-19-10-16-43(35-46)47-20-6-7-21-48(47)44-30-31-50-54-24-11-14-40-15-12-25-55(61(40)54)57(50)36-44/h1-38H. The maximum absolute atomic E-state index is 2.46. The van der Waals surface area contributed by atoms with Gasteiger partial charge in [-0.25, -0.2) is 0 Å². The number of hydrogen-bond acceptors (Lipinski definition) is 0. The molecule has 2 heteroatoms. The Morgan fingerprint density at radius 1 is 0.234 bits per heavy atom. The first-order valence-corrected chi connectivity index (χ1v) is 22.2. The Morgan fingerprint density at radius 2 is 0.781 bits per heavy atom. The summed E-state index contributed by atoms with van der Waals surface area (Å²) in [6.07, 6.45) is 0. The highest BCUT2D eigenvalue weighted by molar-refractivity contribution is 6.20. The van der Waals surface area contributed by atoms with Gasteiger partial charge < -0.3 is 9.13 Å². The Labute approximate surface area is 370 Å². The summed E-state index contributed by atoms with van der Waals surface area (Å²) >= 11 is 0. The molecule has 0 saturated carbocycles. The van der Waals surface area contributed by atoms with Gasteiger partial charge in [0.2, 0.25) is 0 Å². The fraction of sp³-hybridized carbons (Fsp3) is 0. The second kappa shape index (κ2) is 13.5. The molecule has 0 spiro atoms. The van der Waals surface area contributed by atoms with Crippen LogP contribution in [0.1, 0.15) is 0 Å². The van der Waals surface area contributed by atoms with E-state index in [9.17, 15) is 0 Å². The van der Waals surface area contributed by atoms with Crippen molar-refractivity contribution >= 4 is 65.2 Å². The van der Waals surface area contributed by atoms with Crippen LogP contribution in [-0.4, -0.2) is 9.13 Å². The molecule has 13 aromatic rings. The summed E-state index contributed by atoms with van der Waals surface area (Å²) in [6, 6.07) is 85.3. The molecule has 2 nitrogen and oxygen atoms in total. The summed E-state index contributed by atoms with van der Waals surface area (Å²) in [4.78, 5) is 0. The number of fused-ring (bicyclic) bond motifs is 11. The van der Waals surface area contributed by atoms with Crippen molar-refractivity contribution in [3.63, 3.8) is 0 Å². The Kier molecular flexibility index (Phi) is 7.43. The van der Waals surface area contributed by atoms with Gasteiger partial charge >= 0.3 is 0 Å². The molecular weight excluding hydrogens is 773 g/mol. The van der Waals surface area contributed by atoms with Gasteiger partial charge in [0.25, 0.3) is 0 Å². The van der Waals surface area contributed by atoms with Gasteiger partial charge in [0.1, 0.15) is 0 Å². The zero-order chi connectivity index (χ0) is 41.9. The fourth-order valence-corrected chi connectivity index (χ4v) is 11.0. The lowest BCUT2D eigenvalue weighted by molar-refractivity contribution is 1.18. The van der Waals surface area contributed by atoms with E-state index in [0.29, 0.717) is 0 Å². The molecule has 2 heterocycles. The van der Waals surface area contributed by atoms with E-state index in [1.807, 2.05) is 0 Å². The van der Waals surface area contributed by atoms with Crippen molar-refractivity contribution in [3.8, 4) is 67.0 Å². The van der Waals surface area contributed by atoms with Crippen LogP contribution in [0.5, 0.6) is 0 Å². The van der Waals surface area contributed by atoms with E-state index in [0.717, 1.165) is 11.4 Å². The van der Waals surface area contributed by atoms with E-state index in [2.05, 4.69) is 240 Å². The van der Waals surface area contributed by atoms with Crippen molar-refractivity contribution in [2.75, 3.05) is 0 Å². The maximum Gasteiger partial charge on any atom is 0.0619 e. The first-order valence-electron chi connectivity index (χ1n) is 22.2. The van der Waals surface area contributed by atoms with E-state index >= 15 is 0 Å². The van der Waals surface area contributed by atoms with Gasteiger partial charge in [0.15, 0.2) is 0 Å². The predicted octanol–water partition coefficient (Wildman–Crippen LogP) is 16.8. The van der Waals surface area contributed by atoms with E-state index in [1.165, 1.54) is 121 Å². The molecular formula is C62H38N2. The lowest BCUT2D eigenvalue weighted by Crippen LogP contribution is -1.95. The van der Waals surface area contributed by atoms with E-state index in [1.54, 1.807) is 0 Å². The molecule has 296 valence electrons. The van der Waals surface area contributed by atoms with E-state index in [4.69, 9.17) is 0 Å². The van der Waals surface area contributed by atoms with Crippen molar-refractivity contribution in [2.45, 2.75) is 0 Å². The molecule has 1 aliphatic rings. The zero-order valence-electron chi connectivity index (χ0n) is 34.8. The number of benzene rings is 11. The maximum atomic E-state index is 2.46. The molecule has 0 N–H and O–H groups in total. The van der Waals surface area contributed by atoms with Crippen molar-refractivity contribution in [3.05, 3.63) is 231 Å². The topological polar surface area (TPSA) is 9.86 Å². The summed E-state index contributed by atoms with van der Waals surface area (Å²) < 4.78 is 4.91. The minimum atomic E-state index is 1.14. The van der Waals surface area contributed by atoms with Gasteiger partial charge in [-0.15, -0.1) is 0 Å². The lowest BCUT2D eigenvalue weighted by atomic mass is 9.91. The third-order valence-electron chi connectivity index (χ3n) is 13.8. The van der Waals surface area contributed by atoms with Gasteiger partial charge in [-0.05, 0) is 120 Å². The second-order valence-corrected chi connectivity index (χ2v) is 17.2. The summed E-state index contributed by atoms with van der Waals surface area (Å²) in [5.74, 6) is 0. The molecule has 14 rings (SSSR count). The molecule has 0 amide bonds. The lowest BCUT2D eigenvalue weighted by Gasteiger charge is -2.15. The van der Waals surface area contributed by atoms with Crippen LogP contribution in [0.15, 0.2) is 231 Å². The Balaban J connectivity index is 0.921. The molecule has 0 unspecified atom stereocenters. The number of aromatic nitrogens is 2. The highest BCUT2D eigenvalue weighted by Crippen LogP contribution is 2.49. The largest absolute Gasteiger partial charge is 0.309 e. The molecule has 64 heavy (non-hydrogen) atoms. The average molecular weight is 811 g/mol. The SMILES string of the molecule is c1ccc(-n2c3cc(-c4ccc5c6ccccc6n(-c6cccc(-c7ccccc7-c7ccc8c(c7)-c7cccc9cccc-8c79)c6)c5c4)ccc3c3ccc4ccccc4c32)cc1. The first-order chi connectivity index (χ1) is 31.7. The van der Waals surface area contributed by atoms with Crippen LogP contribution in [0.2, 0.25) is 0 Å². The monoisotopic (exact) mass is 810 g/mol. The Hall–Kier alpha value is -8.46. The molecule has 2 aromatic heterocycles. The van der Waals surface area contributed by atoms with E-state index in [-0.39, 0.29) is 0 Å². The number of hydrogen-bond donors (Lipinski definition) is 0. The van der Waals surface area contributed by atoms with Crippen LogP contribution in [0.4, 0.5) is 0 Å². The molecule has 0 aliphatic heterocycles. The molecule has 0 fully saturated rings. The number of rotatable bonds is 5. The summed E-state index contributed by atoms with van der Waals surface area (Å²) in [5.41, 5.74) is 19.6. The van der Waals surface area contributed by atoms with Gasteiger partial charge in [-0.3, -0.25) is 0 Å². The first kappa shape index (κ1) is 35.2. The normalized spacial score (nSPS) is 12.1. The van der Waals surface area contributed by atoms with Gasteiger partial charge in [0, 0.05) is 38.3 Å². The fourth-order valence-electron chi connectivity index (χ4n) is 11.0. The number of para-hydroxylation sites is 2. The third-order valence-corrected chi connectivity index (χ3v) is 13.8. The van der Waals surface area contributed by atoms with Crippen molar-refractivity contribution in [1.29, 1.82) is 0 Å². The highest BCUT2D eigenvalue weighted by atomic mass is 15.0. The van der Waals surface area contributed by atoms with Crippen LogP contribution in [0, 0.1) is 0 Å². The summed E-state index contributed by atoms with van der Waals surface area (Å²) in [7, 11) is 0. The van der Waals surface area contributed by atoms with Crippen LogP contribution in [-0.2, 0) is 0 Å². The van der Waals surface area contributed by atoms with Crippen molar-refractivity contribution in [1.82, 2.24) is 9.13 Å². The Morgan fingerprint density at radius 3 is 1.58 bits per heavy atom. The second-order valence-electron chi connectivity index (χ2n) is 17.2. The van der Waals surface area contributed by atoms with Crippen LogP contribution >= 0.6 is 0 Å². The molecule has 0 bridgehead atoms.